The van der Waals surface area contributed by atoms with Crippen LogP contribution in [0, 0.1) is 6.92 Å². The molecule has 0 aliphatic heterocycles. The van der Waals surface area contributed by atoms with Crippen LogP contribution in [0.5, 0.6) is 5.75 Å². The molecule has 2 rings (SSSR count). The average molecular weight is 243 g/mol. The van der Waals surface area contributed by atoms with Crippen molar-refractivity contribution in [1.82, 2.24) is 4.98 Å². The zero-order valence-electron chi connectivity index (χ0n) is 10.8. The van der Waals surface area contributed by atoms with Crippen molar-refractivity contribution in [2.24, 2.45) is 0 Å². The second kappa shape index (κ2) is 4.96. The van der Waals surface area contributed by atoms with E-state index in [9.17, 15) is 0 Å². The van der Waals surface area contributed by atoms with Crippen molar-refractivity contribution in [3.8, 4) is 5.75 Å². The van der Waals surface area contributed by atoms with Crippen LogP contribution in [0.4, 0.5) is 17.2 Å². The highest BCUT2D eigenvalue weighted by Gasteiger charge is 2.12. The Labute approximate surface area is 107 Å². The normalized spacial score (nSPS) is 10.2. The van der Waals surface area contributed by atoms with E-state index in [0.717, 1.165) is 22.8 Å². The molecular weight excluding hydrogens is 226 g/mol. The maximum absolute atomic E-state index is 6.01. The van der Waals surface area contributed by atoms with E-state index in [1.807, 2.05) is 49.2 Å². The van der Waals surface area contributed by atoms with Gasteiger partial charge in [0, 0.05) is 13.2 Å². The fourth-order valence-corrected chi connectivity index (χ4v) is 1.89. The van der Waals surface area contributed by atoms with Gasteiger partial charge >= 0.3 is 0 Å². The molecule has 0 saturated heterocycles. The Kier molecular flexibility index (Phi) is 3.37. The Morgan fingerprint density at radius 1 is 1.28 bits per heavy atom. The van der Waals surface area contributed by atoms with Crippen LogP contribution < -0.4 is 15.4 Å². The minimum absolute atomic E-state index is 0.656. The van der Waals surface area contributed by atoms with Crippen molar-refractivity contribution in [1.29, 1.82) is 0 Å². The number of pyridine rings is 1. The molecule has 94 valence electrons. The van der Waals surface area contributed by atoms with Crippen LogP contribution in [0.25, 0.3) is 0 Å². The van der Waals surface area contributed by atoms with E-state index < -0.39 is 0 Å². The van der Waals surface area contributed by atoms with Gasteiger partial charge in [-0.15, -0.1) is 0 Å². The van der Waals surface area contributed by atoms with E-state index in [-0.39, 0.29) is 0 Å². The van der Waals surface area contributed by atoms with Gasteiger partial charge in [0.05, 0.1) is 18.5 Å². The molecule has 4 heteroatoms. The van der Waals surface area contributed by atoms with Crippen molar-refractivity contribution in [2.75, 3.05) is 24.8 Å². The lowest BCUT2D eigenvalue weighted by Crippen LogP contribution is -2.14. The number of hydrogen-bond acceptors (Lipinski definition) is 4. The first kappa shape index (κ1) is 12.2. The number of benzene rings is 1. The Balaban J connectivity index is 2.44. The molecule has 0 atom stereocenters. The van der Waals surface area contributed by atoms with E-state index in [1.54, 1.807) is 13.3 Å². The first-order chi connectivity index (χ1) is 8.63. The topological polar surface area (TPSA) is 51.4 Å². The van der Waals surface area contributed by atoms with Crippen LogP contribution in [-0.2, 0) is 0 Å². The molecule has 2 N–H and O–H groups in total. The summed E-state index contributed by atoms with van der Waals surface area (Å²) in [4.78, 5) is 6.30. The first-order valence-electron chi connectivity index (χ1n) is 5.72. The molecule has 0 aliphatic carbocycles. The van der Waals surface area contributed by atoms with Crippen LogP contribution >= 0.6 is 0 Å². The number of nitrogen functional groups attached to an aromatic ring is 1. The number of aryl methyl sites for hydroxylation is 1. The van der Waals surface area contributed by atoms with Crippen LogP contribution in [0.3, 0.4) is 0 Å². The molecule has 0 aliphatic rings. The van der Waals surface area contributed by atoms with Gasteiger partial charge in [-0.1, -0.05) is 12.1 Å². The third-order valence-corrected chi connectivity index (χ3v) is 2.80. The Hall–Kier alpha value is -2.23. The molecule has 0 amide bonds. The summed E-state index contributed by atoms with van der Waals surface area (Å²) in [6, 6.07) is 9.69. The molecule has 1 aromatic carbocycles. The standard InChI is InChI=1S/C14H17N3O/c1-10-8-11(15)14(16-9-10)17(2)12-6-4-5-7-13(12)18-3/h4-9H,15H2,1-3H3. The molecule has 0 spiro atoms. The molecular formula is C14H17N3O. The first-order valence-corrected chi connectivity index (χ1v) is 5.72. The molecule has 1 heterocycles. The highest BCUT2D eigenvalue weighted by Crippen LogP contribution is 2.33. The lowest BCUT2D eigenvalue weighted by molar-refractivity contribution is 0.415. The molecule has 0 unspecified atom stereocenters. The van der Waals surface area contributed by atoms with Gasteiger partial charge in [-0.05, 0) is 30.7 Å². The second-order valence-electron chi connectivity index (χ2n) is 4.16. The molecule has 1 aromatic heterocycles. The van der Waals surface area contributed by atoms with Crippen molar-refractivity contribution in [3.05, 3.63) is 42.1 Å². The zero-order chi connectivity index (χ0) is 13.1. The number of ether oxygens (including phenoxy) is 1. The molecule has 18 heavy (non-hydrogen) atoms. The highest BCUT2D eigenvalue weighted by molar-refractivity contribution is 5.74. The number of para-hydroxylation sites is 2. The SMILES string of the molecule is COc1ccccc1N(C)c1ncc(C)cc1N. The summed E-state index contributed by atoms with van der Waals surface area (Å²) in [6.07, 6.45) is 1.80. The maximum atomic E-state index is 6.01. The number of hydrogen-bond donors (Lipinski definition) is 1. The quantitative estimate of drug-likeness (QED) is 0.900. The van der Waals surface area contributed by atoms with Gasteiger partial charge in [0.25, 0.3) is 0 Å². The van der Waals surface area contributed by atoms with Gasteiger partial charge in [0.2, 0.25) is 0 Å². The van der Waals surface area contributed by atoms with E-state index in [2.05, 4.69) is 4.98 Å². The van der Waals surface area contributed by atoms with Crippen LogP contribution in [0.1, 0.15) is 5.56 Å². The number of rotatable bonds is 3. The highest BCUT2D eigenvalue weighted by atomic mass is 16.5. The predicted molar refractivity (Wildman–Crippen MR) is 74.4 cm³/mol. The third kappa shape index (κ3) is 2.22. The van der Waals surface area contributed by atoms with E-state index in [4.69, 9.17) is 10.5 Å². The number of methoxy groups -OCH3 is 1. The van der Waals surface area contributed by atoms with Crippen molar-refractivity contribution in [2.45, 2.75) is 6.92 Å². The summed E-state index contributed by atoms with van der Waals surface area (Å²) in [5.74, 6) is 1.52. The van der Waals surface area contributed by atoms with Crippen LogP contribution in [-0.4, -0.2) is 19.1 Å². The number of anilines is 3. The Morgan fingerprint density at radius 2 is 2.00 bits per heavy atom. The third-order valence-electron chi connectivity index (χ3n) is 2.80. The van der Waals surface area contributed by atoms with Crippen molar-refractivity contribution >= 4 is 17.2 Å². The molecule has 2 aromatic rings. The van der Waals surface area contributed by atoms with Crippen molar-refractivity contribution < 1.29 is 4.74 Å². The fraction of sp³-hybridized carbons (Fsp3) is 0.214. The van der Waals surface area contributed by atoms with Gasteiger partial charge in [0.1, 0.15) is 5.75 Å². The summed E-state index contributed by atoms with van der Waals surface area (Å²) in [7, 11) is 3.57. The fourth-order valence-electron chi connectivity index (χ4n) is 1.89. The average Bonchev–Trinajstić information content (AvgIpc) is 2.38. The number of nitrogens with two attached hydrogens (primary N) is 1. The van der Waals surface area contributed by atoms with Gasteiger partial charge in [0.15, 0.2) is 5.82 Å². The van der Waals surface area contributed by atoms with E-state index in [1.165, 1.54) is 0 Å². The predicted octanol–water partition coefficient (Wildman–Crippen LogP) is 2.75. The maximum Gasteiger partial charge on any atom is 0.156 e. The summed E-state index contributed by atoms with van der Waals surface area (Å²) in [5, 5.41) is 0. The van der Waals surface area contributed by atoms with Crippen LogP contribution in [0.2, 0.25) is 0 Å². The summed E-state index contributed by atoms with van der Waals surface area (Å²) < 4.78 is 5.34. The lowest BCUT2D eigenvalue weighted by atomic mass is 10.2. The minimum atomic E-state index is 0.656. The molecule has 0 bridgehead atoms. The molecule has 0 fully saturated rings. The molecule has 0 radical (unpaired) electrons. The largest absolute Gasteiger partial charge is 0.495 e. The summed E-state index contributed by atoms with van der Waals surface area (Å²) in [6.45, 7) is 1.97. The van der Waals surface area contributed by atoms with E-state index in [0.29, 0.717) is 5.69 Å². The van der Waals surface area contributed by atoms with Gasteiger partial charge in [-0.25, -0.2) is 4.98 Å². The second-order valence-corrected chi connectivity index (χ2v) is 4.16. The van der Waals surface area contributed by atoms with Crippen LogP contribution in [0.15, 0.2) is 36.5 Å². The zero-order valence-corrected chi connectivity index (χ0v) is 10.8. The molecule has 0 saturated carbocycles. The smallest absolute Gasteiger partial charge is 0.156 e. The number of aromatic nitrogens is 1. The Morgan fingerprint density at radius 3 is 2.67 bits per heavy atom. The van der Waals surface area contributed by atoms with Crippen molar-refractivity contribution in [3.63, 3.8) is 0 Å². The lowest BCUT2D eigenvalue weighted by Gasteiger charge is -2.22. The monoisotopic (exact) mass is 243 g/mol. The number of nitrogens with zero attached hydrogens (tertiary/aromatic N) is 2. The minimum Gasteiger partial charge on any atom is -0.495 e. The van der Waals surface area contributed by atoms with Gasteiger partial charge < -0.3 is 15.4 Å². The Bertz CT molecular complexity index is 554. The van der Waals surface area contributed by atoms with Gasteiger partial charge in [-0.2, -0.15) is 0 Å². The summed E-state index contributed by atoms with van der Waals surface area (Å²) in [5.41, 5.74) is 8.64. The van der Waals surface area contributed by atoms with Gasteiger partial charge in [-0.3, -0.25) is 0 Å². The summed E-state index contributed by atoms with van der Waals surface area (Å²) >= 11 is 0. The van der Waals surface area contributed by atoms with E-state index >= 15 is 0 Å². The molecule has 4 nitrogen and oxygen atoms in total.